The zero-order chi connectivity index (χ0) is 29.2. The van der Waals surface area contributed by atoms with Crippen LogP contribution in [0.3, 0.4) is 0 Å². The third-order valence-corrected chi connectivity index (χ3v) is 9.73. The predicted molar refractivity (Wildman–Crippen MR) is 159 cm³/mol. The summed E-state index contributed by atoms with van der Waals surface area (Å²) in [6, 6.07) is 21.9. The van der Waals surface area contributed by atoms with Gasteiger partial charge in [-0.1, -0.05) is 67.9 Å². The minimum atomic E-state index is -4.40. The summed E-state index contributed by atoms with van der Waals surface area (Å²) in [6.45, 7) is 3.53. The van der Waals surface area contributed by atoms with Gasteiger partial charge in [0.25, 0.3) is 0 Å². The van der Waals surface area contributed by atoms with Crippen molar-refractivity contribution in [1.82, 2.24) is 14.8 Å². The molecule has 0 atom stereocenters. The molecule has 0 spiro atoms. The number of halogens is 1. The highest BCUT2D eigenvalue weighted by molar-refractivity contribution is 7.53. The second-order valence-electron chi connectivity index (χ2n) is 9.80. The van der Waals surface area contributed by atoms with Crippen LogP contribution in [0.25, 0.3) is 28.2 Å². The van der Waals surface area contributed by atoms with Crippen molar-refractivity contribution in [2.24, 2.45) is 0 Å². The maximum Gasteiger partial charge on any atom is 0.335 e. The Morgan fingerprint density at radius 1 is 1.02 bits per heavy atom. The molecule has 3 N–H and O–H groups in total. The molecule has 5 rings (SSSR count). The largest absolute Gasteiger partial charge is 0.426 e. The van der Waals surface area contributed by atoms with Crippen molar-refractivity contribution in [3.8, 4) is 17.3 Å². The lowest BCUT2D eigenvalue weighted by molar-refractivity contribution is -0.116. The van der Waals surface area contributed by atoms with Crippen LogP contribution < -0.4 is 5.32 Å². The Labute approximate surface area is 242 Å². The number of aryl methyl sites for hydroxylation is 1. The molecule has 1 amide bonds. The molecule has 11 heteroatoms. The van der Waals surface area contributed by atoms with E-state index in [-0.39, 0.29) is 18.7 Å². The van der Waals surface area contributed by atoms with Crippen LogP contribution in [0.4, 0.5) is 5.69 Å². The molecule has 2 aromatic heterocycles. The van der Waals surface area contributed by atoms with E-state index in [9.17, 15) is 19.1 Å². The van der Waals surface area contributed by atoms with E-state index in [2.05, 4.69) is 10.4 Å². The molecule has 5 aromatic rings. The third kappa shape index (κ3) is 5.72. The lowest BCUT2D eigenvalue weighted by atomic mass is 9.92. The number of fused-ring (bicyclic) bond motifs is 1. The van der Waals surface area contributed by atoms with Crippen LogP contribution in [0, 0.1) is 0 Å². The third-order valence-electron chi connectivity index (χ3n) is 7.47. The fraction of sp³-hybridized carbons (Fsp3) is 0.233. The summed E-state index contributed by atoms with van der Waals surface area (Å²) in [7, 11) is -4.40. The number of hydrogen-bond donors (Lipinski definition) is 3. The quantitative estimate of drug-likeness (QED) is 0.147. The summed E-state index contributed by atoms with van der Waals surface area (Å²) in [5.41, 5.74) is 3.32. The van der Waals surface area contributed by atoms with Crippen LogP contribution in [-0.4, -0.2) is 30.5 Å². The van der Waals surface area contributed by atoms with Crippen LogP contribution in [0.15, 0.2) is 83.4 Å². The number of nitrogens with one attached hydrogen (secondary N) is 1. The van der Waals surface area contributed by atoms with Gasteiger partial charge in [-0.05, 0) is 48.7 Å². The van der Waals surface area contributed by atoms with Gasteiger partial charge in [-0.3, -0.25) is 9.36 Å². The smallest absolute Gasteiger partial charge is 0.335 e. The Morgan fingerprint density at radius 3 is 2.37 bits per heavy atom. The predicted octanol–water partition coefficient (Wildman–Crippen LogP) is 7.10. The van der Waals surface area contributed by atoms with Crippen molar-refractivity contribution < 1.29 is 23.6 Å². The molecule has 0 aliphatic carbocycles. The SMILES string of the molecule is CCC(CC)(c1ccc(NC(=O)CCc2oc(-n3ncc4ccccc43)nc2-c2ccc(Cl)cc2)cc1)P(=O)(O)O. The van der Waals surface area contributed by atoms with Gasteiger partial charge in [0.15, 0.2) is 0 Å². The van der Waals surface area contributed by atoms with Crippen molar-refractivity contribution >= 4 is 41.7 Å². The van der Waals surface area contributed by atoms with E-state index < -0.39 is 12.8 Å². The molecule has 0 unspecified atom stereocenters. The van der Waals surface area contributed by atoms with Gasteiger partial charge in [0.1, 0.15) is 11.5 Å². The first kappa shape index (κ1) is 28.8. The van der Waals surface area contributed by atoms with E-state index in [4.69, 9.17) is 21.0 Å². The summed E-state index contributed by atoms with van der Waals surface area (Å²) in [6.07, 6.45) is 2.73. The monoisotopic (exact) mass is 592 g/mol. The van der Waals surface area contributed by atoms with Gasteiger partial charge < -0.3 is 19.5 Å². The highest BCUT2D eigenvalue weighted by Crippen LogP contribution is 2.60. The second kappa shape index (κ2) is 11.6. The number of benzene rings is 3. The lowest BCUT2D eigenvalue weighted by Crippen LogP contribution is -2.24. The maximum atomic E-state index is 12.9. The zero-order valence-corrected chi connectivity index (χ0v) is 24.3. The molecule has 3 aromatic carbocycles. The summed E-state index contributed by atoms with van der Waals surface area (Å²) in [5.74, 6) is 0.291. The Balaban J connectivity index is 1.36. The van der Waals surface area contributed by atoms with Crippen LogP contribution >= 0.6 is 19.2 Å². The molecule has 0 radical (unpaired) electrons. The number of nitrogens with zero attached hydrogens (tertiary/aromatic N) is 3. The lowest BCUT2D eigenvalue weighted by Gasteiger charge is -2.33. The fourth-order valence-corrected chi connectivity index (χ4v) is 6.54. The molecular formula is C30H30ClN4O5P. The molecule has 0 aliphatic rings. The Morgan fingerprint density at radius 2 is 1.71 bits per heavy atom. The standard InChI is InChI=1S/C30H30ClN4O5P/c1-3-30(4-2,41(37,38)39)22-11-15-24(16-12-22)33-27(36)18-17-26-28(20-9-13-23(31)14-10-20)34-29(40-26)35-25-8-6-5-7-21(25)19-32-35/h5-16,19H,3-4,17-18H2,1-2H3,(H,33,36)(H2,37,38,39). The van der Waals surface area contributed by atoms with E-state index in [1.807, 2.05) is 36.4 Å². The van der Waals surface area contributed by atoms with Gasteiger partial charge >= 0.3 is 13.6 Å². The number of aromatic nitrogens is 3. The molecular weight excluding hydrogens is 563 g/mol. The normalized spacial score (nSPS) is 12.1. The number of hydrogen-bond acceptors (Lipinski definition) is 5. The van der Waals surface area contributed by atoms with Gasteiger partial charge in [-0.15, -0.1) is 0 Å². The maximum absolute atomic E-state index is 12.9. The van der Waals surface area contributed by atoms with E-state index >= 15 is 0 Å². The van der Waals surface area contributed by atoms with Crippen molar-refractivity contribution in [1.29, 1.82) is 0 Å². The molecule has 212 valence electrons. The number of amides is 1. The summed E-state index contributed by atoms with van der Waals surface area (Å²) >= 11 is 6.09. The van der Waals surface area contributed by atoms with E-state index in [0.717, 1.165) is 16.5 Å². The molecule has 0 fully saturated rings. The first-order chi connectivity index (χ1) is 19.6. The minimum Gasteiger partial charge on any atom is -0.426 e. The molecule has 0 saturated carbocycles. The Hall–Kier alpha value is -3.75. The fourth-order valence-electron chi connectivity index (χ4n) is 5.11. The summed E-state index contributed by atoms with van der Waals surface area (Å²) in [4.78, 5) is 37.7. The molecule has 0 bridgehead atoms. The number of para-hydroxylation sites is 1. The van der Waals surface area contributed by atoms with Gasteiger partial charge in [0.2, 0.25) is 5.91 Å². The molecule has 0 saturated heterocycles. The number of carbonyl (C=O) groups is 1. The van der Waals surface area contributed by atoms with E-state index in [0.29, 0.717) is 46.6 Å². The van der Waals surface area contributed by atoms with Crippen molar-refractivity contribution in [2.75, 3.05) is 5.32 Å². The van der Waals surface area contributed by atoms with Crippen molar-refractivity contribution in [2.45, 2.75) is 44.7 Å². The van der Waals surface area contributed by atoms with Crippen LogP contribution in [0.5, 0.6) is 0 Å². The highest BCUT2D eigenvalue weighted by Gasteiger charge is 2.45. The van der Waals surface area contributed by atoms with Crippen LogP contribution in [-0.2, 0) is 20.9 Å². The Kier molecular flexibility index (Phi) is 8.16. The molecule has 41 heavy (non-hydrogen) atoms. The highest BCUT2D eigenvalue weighted by atomic mass is 35.5. The van der Waals surface area contributed by atoms with Gasteiger partial charge in [0, 0.05) is 34.5 Å². The number of rotatable bonds is 10. The van der Waals surface area contributed by atoms with Gasteiger partial charge in [0.05, 0.1) is 16.9 Å². The average Bonchev–Trinajstić information content (AvgIpc) is 3.58. The minimum absolute atomic E-state index is 0.118. The van der Waals surface area contributed by atoms with E-state index in [1.54, 1.807) is 61.1 Å². The number of anilines is 1. The second-order valence-corrected chi connectivity index (χ2v) is 12.2. The first-order valence-corrected chi connectivity index (χ1v) is 15.3. The topological polar surface area (TPSA) is 130 Å². The van der Waals surface area contributed by atoms with Crippen molar-refractivity contribution in [3.63, 3.8) is 0 Å². The average molecular weight is 593 g/mol. The summed E-state index contributed by atoms with van der Waals surface area (Å²) in [5, 5.41) is 7.59. The van der Waals surface area contributed by atoms with Crippen LogP contribution in [0.1, 0.15) is 44.4 Å². The van der Waals surface area contributed by atoms with Crippen molar-refractivity contribution in [3.05, 3.63) is 95.3 Å². The summed E-state index contributed by atoms with van der Waals surface area (Å²) < 4.78 is 20.1. The van der Waals surface area contributed by atoms with E-state index in [1.165, 1.54) is 0 Å². The molecule has 2 heterocycles. The Bertz CT molecular complexity index is 1720. The number of carbonyl (C=O) groups excluding carboxylic acids is 1. The zero-order valence-electron chi connectivity index (χ0n) is 22.6. The van der Waals surface area contributed by atoms with Gasteiger partial charge in [-0.2, -0.15) is 14.8 Å². The molecule has 0 aliphatic heterocycles. The molecule has 9 nitrogen and oxygen atoms in total. The van der Waals surface area contributed by atoms with Gasteiger partial charge in [-0.25, -0.2) is 0 Å². The van der Waals surface area contributed by atoms with Crippen LogP contribution in [0.2, 0.25) is 5.02 Å². The first-order valence-electron chi connectivity index (χ1n) is 13.3. The number of oxazole rings is 1.